The number of benzene rings is 1. The van der Waals surface area contributed by atoms with Crippen molar-refractivity contribution in [3.05, 3.63) is 50.6 Å². The van der Waals surface area contributed by atoms with Crippen LogP contribution < -0.4 is 15.8 Å². The molecule has 0 bridgehead atoms. The van der Waals surface area contributed by atoms with Crippen LogP contribution in [0.4, 0.5) is 5.00 Å². The van der Waals surface area contributed by atoms with Gasteiger partial charge >= 0.3 is 5.97 Å². The Bertz CT molecular complexity index is 1320. The van der Waals surface area contributed by atoms with Crippen molar-refractivity contribution in [2.75, 3.05) is 17.7 Å². The standard InChI is InChI=1S/C24H28ClN5O5S2/c1-6-30-21(14(5)35-16-9-8-15(25)10-12(16)3)28-29-24(30)36-11-17(31)27-22-18(23(33)34-7-2)13(4)19(37-22)20(26)32/h8-10,14H,6-7,11H2,1-5H3,(H2,26,32)(H,27,31). The average Bonchev–Trinajstić information content (AvgIpc) is 3.40. The molecule has 13 heteroatoms. The number of anilines is 1. The van der Waals surface area contributed by atoms with E-state index in [-0.39, 0.29) is 33.7 Å². The van der Waals surface area contributed by atoms with Crippen molar-refractivity contribution in [1.29, 1.82) is 0 Å². The highest BCUT2D eigenvalue weighted by molar-refractivity contribution is 7.99. The number of aryl methyl sites for hydroxylation is 1. The van der Waals surface area contributed by atoms with Gasteiger partial charge in [-0.2, -0.15) is 0 Å². The van der Waals surface area contributed by atoms with E-state index in [9.17, 15) is 14.4 Å². The third-order valence-electron chi connectivity index (χ3n) is 5.30. The fourth-order valence-corrected chi connectivity index (χ4v) is 5.67. The molecule has 1 unspecified atom stereocenters. The second-order valence-electron chi connectivity index (χ2n) is 7.94. The molecule has 2 amide bonds. The van der Waals surface area contributed by atoms with E-state index in [1.807, 2.05) is 31.4 Å². The lowest BCUT2D eigenvalue weighted by Gasteiger charge is -2.17. The second-order valence-corrected chi connectivity index (χ2v) is 10.3. The first-order valence-electron chi connectivity index (χ1n) is 11.5. The fourth-order valence-electron chi connectivity index (χ4n) is 3.57. The lowest BCUT2D eigenvalue weighted by atomic mass is 10.1. The van der Waals surface area contributed by atoms with Gasteiger partial charge in [-0.1, -0.05) is 23.4 Å². The molecule has 37 heavy (non-hydrogen) atoms. The third-order valence-corrected chi connectivity index (χ3v) is 7.73. The van der Waals surface area contributed by atoms with Gasteiger partial charge in [0, 0.05) is 11.6 Å². The molecule has 2 heterocycles. The monoisotopic (exact) mass is 565 g/mol. The number of nitrogens with two attached hydrogens (primary N) is 1. The summed E-state index contributed by atoms with van der Waals surface area (Å²) in [5.41, 5.74) is 6.83. The van der Waals surface area contributed by atoms with Gasteiger partial charge in [0.1, 0.15) is 10.8 Å². The quantitative estimate of drug-likeness (QED) is 0.250. The minimum absolute atomic E-state index is 0.00518. The van der Waals surface area contributed by atoms with Crippen LogP contribution in [0.1, 0.15) is 63.9 Å². The van der Waals surface area contributed by atoms with Crippen molar-refractivity contribution in [3.63, 3.8) is 0 Å². The number of carbonyl (C=O) groups excluding carboxylic acids is 3. The van der Waals surface area contributed by atoms with Gasteiger partial charge in [-0.3, -0.25) is 9.59 Å². The number of aromatic nitrogens is 3. The Balaban J connectivity index is 1.72. The maximum Gasteiger partial charge on any atom is 0.341 e. The molecule has 1 aromatic carbocycles. The Morgan fingerprint density at radius 1 is 1.24 bits per heavy atom. The van der Waals surface area contributed by atoms with Crippen LogP contribution in [0.15, 0.2) is 23.4 Å². The molecular weight excluding hydrogens is 538 g/mol. The summed E-state index contributed by atoms with van der Waals surface area (Å²) < 4.78 is 13.0. The summed E-state index contributed by atoms with van der Waals surface area (Å²) in [6.07, 6.45) is -0.399. The predicted molar refractivity (Wildman–Crippen MR) is 144 cm³/mol. The number of thioether (sulfide) groups is 1. The van der Waals surface area contributed by atoms with Crippen LogP contribution in [0, 0.1) is 13.8 Å². The van der Waals surface area contributed by atoms with E-state index in [0.717, 1.165) is 16.9 Å². The van der Waals surface area contributed by atoms with E-state index >= 15 is 0 Å². The summed E-state index contributed by atoms with van der Waals surface area (Å²) in [6, 6.07) is 5.39. The minimum Gasteiger partial charge on any atom is -0.482 e. The molecule has 3 aromatic rings. The number of amides is 2. The summed E-state index contributed by atoms with van der Waals surface area (Å²) in [5, 5.41) is 12.6. The molecule has 10 nitrogen and oxygen atoms in total. The van der Waals surface area contributed by atoms with E-state index in [0.29, 0.717) is 33.9 Å². The smallest absolute Gasteiger partial charge is 0.341 e. The zero-order chi connectivity index (χ0) is 27.3. The number of nitrogens with one attached hydrogen (secondary N) is 1. The summed E-state index contributed by atoms with van der Waals surface area (Å²) in [4.78, 5) is 37.2. The zero-order valence-electron chi connectivity index (χ0n) is 21.1. The number of halogens is 1. The lowest BCUT2D eigenvalue weighted by molar-refractivity contribution is -0.113. The van der Waals surface area contributed by atoms with Gasteiger partial charge in [0.25, 0.3) is 5.91 Å². The van der Waals surface area contributed by atoms with Gasteiger partial charge in [-0.05, 0) is 63.9 Å². The number of hydrogen-bond donors (Lipinski definition) is 2. The molecule has 0 fully saturated rings. The normalized spacial score (nSPS) is 11.7. The van der Waals surface area contributed by atoms with Crippen LogP contribution in [0.2, 0.25) is 5.02 Å². The lowest BCUT2D eigenvalue weighted by Crippen LogP contribution is -2.17. The predicted octanol–water partition coefficient (Wildman–Crippen LogP) is 4.78. The Labute approximate surface area is 227 Å². The number of rotatable bonds is 11. The maximum absolute atomic E-state index is 12.8. The van der Waals surface area contributed by atoms with Gasteiger partial charge in [0.05, 0.1) is 22.8 Å². The summed E-state index contributed by atoms with van der Waals surface area (Å²) in [6.45, 7) is 9.71. The molecule has 3 N–H and O–H groups in total. The molecule has 0 spiro atoms. The van der Waals surface area contributed by atoms with E-state index in [4.69, 9.17) is 26.8 Å². The average molecular weight is 566 g/mol. The highest BCUT2D eigenvalue weighted by Gasteiger charge is 2.26. The van der Waals surface area contributed by atoms with Crippen LogP contribution in [0.5, 0.6) is 5.75 Å². The van der Waals surface area contributed by atoms with E-state index in [1.165, 1.54) is 11.8 Å². The molecule has 2 aromatic heterocycles. The van der Waals surface area contributed by atoms with Crippen molar-refractivity contribution in [1.82, 2.24) is 14.8 Å². The van der Waals surface area contributed by atoms with Crippen molar-refractivity contribution >= 4 is 57.5 Å². The highest BCUT2D eigenvalue weighted by atomic mass is 35.5. The Kier molecular flexibility index (Phi) is 9.57. The van der Waals surface area contributed by atoms with Gasteiger partial charge in [-0.25, -0.2) is 4.79 Å². The molecular formula is C24H28ClN5O5S2. The molecule has 0 aliphatic carbocycles. The summed E-state index contributed by atoms with van der Waals surface area (Å²) >= 11 is 8.17. The van der Waals surface area contributed by atoms with Crippen LogP contribution in [-0.4, -0.2) is 44.9 Å². The molecule has 0 saturated carbocycles. The van der Waals surface area contributed by atoms with E-state index in [2.05, 4.69) is 15.5 Å². The minimum atomic E-state index is -0.684. The molecule has 0 aliphatic rings. The van der Waals surface area contributed by atoms with Crippen molar-refractivity contribution in [2.24, 2.45) is 5.73 Å². The van der Waals surface area contributed by atoms with Crippen molar-refractivity contribution in [3.8, 4) is 5.75 Å². The van der Waals surface area contributed by atoms with Gasteiger partial charge in [-0.15, -0.1) is 21.5 Å². The fraction of sp³-hybridized carbons (Fsp3) is 0.375. The number of hydrogen-bond acceptors (Lipinski definition) is 9. The highest BCUT2D eigenvalue weighted by Crippen LogP contribution is 2.34. The Hall–Kier alpha value is -3.09. The topological polar surface area (TPSA) is 138 Å². The Morgan fingerprint density at radius 3 is 2.59 bits per heavy atom. The van der Waals surface area contributed by atoms with Crippen LogP contribution in [0.3, 0.4) is 0 Å². The van der Waals surface area contributed by atoms with Crippen LogP contribution in [-0.2, 0) is 16.1 Å². The molecule has 0 aliphatic heterocycles. The number of nitrogens with zero attached hydrogens (tertiary/aromatic N) is 3. The number of carbonyl (C=O) groups is 3. The molecule has 1 atom stereocenters. The summed E-state index contributed by atoms with van der Waals surface area (Å²) in [5.74, 6) is -0.404. The first kappa shape index (κ1) is 28.5. The number of thiophene rings is 1. The second kappa shape index (κ2) is 12.4. The maximum atomic E-state index is 12.8. The van der Waals surface area contributed by atoms with Crippen molar-refractivity contribution in [2.45, 2.75) is 52.4 Å². The molecule has 198 valence electrons. The first-order valence-corrected chi connectivity index (χ1v) is 13.6. The molecule has 3 rings (SSSR count). The SMILES string of the molecule is CCOC(=O)c1c(NC(=O)CSc2nnc(C(C)Oc3ccc(Cl)cc3C)n2CC)sc(C(N)=O)c1C. The first-order chi connectivity index (χ1) is 17.6. The van der Waals surface area contributed by atoms with Gasteiger partial charge in [0.2, 0.25) is 5.91 Å². The van der Waals surface area contributed by atoms with Gasteiger partial charge in [0.15, 0.2) is 17.1 Å². The van der Waals surface area contributed by atoms with Crippen LogP contribution in [0.25, 0.3) is 0 Å². The van der Waals surface area contributed by atoms with Crippen molar-refractivity contribution < 1.29 is 23.9 Å². The van der Waals surface area contributed by atoms with E-state index < -0.39 is 18.0 Å². The number of ether oxygens (including phenoxy) is 2. The Morgan fingerprint density at radius 2 is 1.97 bits per heavy atom. The zero-order valence-corrected chi connectivity index (χ0v) is 23.5. The largest absolute Gasteiger partial charge is 0.482 e. The summed E-state index contributed by atoms with van der Waals surface area (Å²) in [7, 11) is 0. The number of esters is 1. The number of primary amides is 1. The van der Waals surface area contributed by atoms with Crippen LogP contribution >= 0.6 is 34.7 Å². The molecule has 0 radical (unpaired) electrons. The van der Waals surface area contributed by atoms with E-state index in [1.54, 1.807) is 26.0 Å². The third kappa shape index (κ3) is 6.62. The molecule has 0 saturated heterocycles. The van der Waals surface area contributed by atoms with Gasteiger partial charge < -0.3 is 25.1 Å².